The maximum atomic E-state index is 11.6. The van der Waals surface area contributed by atoms with E-state index < -0.39 is 0 Å². The van der Waals surface area contributed by atoms with E-state index in [0.717, 1.165) is 6.42 Å². The first-order valence-electron chi connectivity index (χ1n) is 5.17. The molecule has 0 bridgehead atoms. The third-order valence-electron chi connectivity index (χ3n) is 2.96. The van der Waals surface area contributed by atoms with Crippen molar-refractivity contribution in [3.8, 4) is 0 Å². The van der Waals surface area contributed by atoms with Gasteiger partial charge >= 0.3 is 5.97 Å². The molecule has 4 atom stereocenters. The monoisotopic (exact) mass is 200 g/mol. The van der Waals surface area contributed by atoms with Gasteiger partial charge in [0.15, 0.2) is 6.29 Å². The summed E-state index contributed by atoms with van der Waals surface area (Å²) in [7, 11) is 0. The van der Waals surface area contributed by atoms with Crippen LogP contribution in [0.5, 0.6) is 0 Å². The number of hydrogen-bond donors (Lipinski definition) is 0. The zero-order chi connectivity index (χ0) is 10.1. The molecule has 2 saturated heterocycles. The van der Waals surface area contributed by atoms with E-state index in [0.29, 0.717) is 13.2 Å². The van der Waals surface area contributed by atoms with Crippen LogP contribution in [0.3, 0.4) is 0 Å². The van der Waals surface area contributed by atoms with Crippen LogP contribution in [0.1, 0.15) is 20.3 Å². The van der Waals surface area contributed by atoms with Crippen molar-refractivity contribution in [3.05, 3.63) is 0 Å². The Morgan fingerprint density at radius 1 is 1.57 bits per heavy atom. The number of esters is 1. The van der Waals surface area contributed by atoms with Crippen molar-refractivity contribution in [2.45, 2.75) is 32.7 Å². The molecule has 2 heterocycles. The molecule has 14 heavy (non-hydrogen) atoms. The molecule has 0 aliphatic carbocycles. The van der Waals surface area contributed by atoms with Crippen LogP contribution in [0.4, 0.5) is 0 Å². The lowest BCUT2D eigenvalue weighted by Crippen LogP contribution is -2.29. The van der Waals surface area contributed by atoms with Crippen molar-refractivity contribution < 1.29 is 19.0 Å². The van der Waals surface area contributed by atoms with Crippen molar-refractivity contribution in [3.63, 3.8) is 0 Å². The molecule has 4 heteroatoms. The van der Waals surface area contributed by atoms with Gasteiger partial charge in [-0.1, -0.05) is 0 Å². The summed E-state index contributed by atoms with van der Waals surface area (Å²) in [5, 5.41) is 0. The third kappa shape index (κ3) is 1.53. The van der Waals surface area contributed by atoms with E-state index >= 15 is 0 Å². The SMILES string of the molecule is CCOC(=O)[C@@H]1[C@H]2CCO[C@H]2O[C@H]1C. The lowest BCUT2D eigenvalue weighted by Gasteiger charge is -2.16. The number of ether oxygens (including phenoxy) is 3. The van der Waals surface area contributed by atoms with Crippen LogP contribution in [0.2, 0.25) is 0 Å². The van der Waals surface area contributed by atoms with E-state index in [9.17, 15) is 4.79 Å². The summed E-state index contributed by atoms with van der Waals surface area (Å²) in [6, 6.07) is 0. The Kier molecular flexibility index (Phi) is 2.74. The zero-order valence-corrected chi connectivity index (χ0v) is 8.56. The van der Waals surface area contributed by atoms with Gasteiger partial charge in [-0.2, -0.15) is 0 Å². The fourth-order valence-electron chi connectivity index (χ4n) is 2.32. The lowest BCUT2D eigenvalue weighted by atomic mass is 9.89. The maximum absolute atomic E-state index is 11.6. The second-order valence-electron chi connectivity index (χ2n) is 3.81. The van der Waals surface area contributed by atoms with Crippen LogP contribution < -0.4 is 0 Å². The standard InChI is InChI=1S/C10H16O4/c1-3-12-9(11)8-6(2)14-10-7(8)4-5-13-10/h6-8,10H,3-5H2,1-2H3/t6-,7+,8-,10-/m0/s1. The largest absolute Gasteiger partial charge is 0.466 e. The second-order valence-corrected chi connectivity index (χ2v) is 3.81. The molecule has 0 N–H and O–H groups in total. The highest BCUT2D eigenvalue weighted by molar-refractivity contribution is 5.74. The zero-order valence-electron chi connectivity index (χ0n) is 8.56. The Hall–Kier alpha value is -0.610. The molecular weight excluding hydrogens is 184 g/mol. The molecule has 0 aromatic carbocycles. The summed E-state index contributed by atoms with van der Waals surface area (Å²) in [5.41, 5.74) is 0. The van der Waals surface area contributed by atoms with Gasteiger partial charge in [0.25, 0.3) is 0 Å². The number of carbonyl (C=O) groups is 1. The van der Waals surface area contributed by atoms with E-state index in [1.807, 2.05) is 13.8 Å². The molecule has 0 aromatic rings. The molecule has 2 aliphatic heterocycles. The second kappa shape index (κ2) is 3.87. The van der Waals surface area contributed by atoms with Gasteiger partial charge in [-0.05, 0) is 20.3 Å². The molecule has 2 aliphatic rings. The highest BCUT2D eigenvalue weighted by Crippen LogP contribution is 2.40. The average Bonchev–Trinajstić information content (AvgIpc) is 2.63. The highest BCUT2D eigenvalue weighted by atomic mass is 16.7. The van der Waals surface area contributed by atoms with Crippen LogP contribution >= 0.6 is 0 Å². The van der Waals surface area contributed by atoms with Gasteiger partial charge in [0.05, 0.1) is 25.2 Å². The van der Waals surface area contributed by atoms with E-state index in [-0.39, 0.29) is 30.2 Å². The van der Waals surface area contributed by atoms with Gasteiger partial charge < -0.3 is 14.2 Å². The number of hydrogen-bond acceptors (Lipinski definition) is 4. The van der Waals surface area contributed by atoms with Gasteiger partial charge in [0.1, 0.15) is 0 Å². The minimum absolute atomic E-state index is 0.0793. The Morgan fingerprint density at radius 3 is 3.07 bits per heavy atom. The number of carbonyl (C=O) groups excluding carboxylic acids is 1. The molecule has 0 aromatic heterocycles. The fraction of sp³-hybridized carbons (Fsp3) is 0.900. The Labute approximate surface area is 83.5 Å². The van der Waals surface area contributed by atoms with Crippen LogP contribution in [0.15, 0.2) is 0 Å². The normalized spacial score (nSPS) is 41.0. The summed E-state index contributed by atoms with van der Waals surface area (Å²) in [6.07, 6.45) is 0.641. The van der Waals surface area contributed by atoms with E-state index in [4.69, 9.17) is 14.2 Å². The van der Waals surface area contributed by atoms with Crippen LogP contribution in [0, 0.1) is 11.8 Å². The first-order valence-corrected chi connectivity index (χ1v) is 5.17. The Bertz CT molecular complexity index is 228. The lowest BCUT2D eigenvalue weighted by molar-refractivity contribution is -0.151. The van der Waals surface area contributed by atoms with Gasteiger partial charge in [-0.25, -0.2) is 0 Å². The van der Waals surface area contributed by atoms with Gasteiger partial charge in [0, 0.05) is 5.92 Å². The average molecular weight is 200 g/mol. The van der Waals surface area contributed by atoms with Crippen LogP contribution in [-0.2, 0) is 19.0 Å². The molecular formula is C10H16O4. The minimum Gasteiger partial charge on any atom is -0.466 e. The number of fused-ring (bicyclic) bond motifs is 1. The predicted molar refractivity (Wildman–Crippen MR) is 48.5 cm³/mol. The van der Waals surface area contributed by atoms with Crippen LogP contribution in [0.25, 0.3) is 0 Å². The van der Waals surface area contributed by atoms with Gasteiger partial charge in [-0.15, -0.1) is 0 Å². The first-order chi connectivity index (χ1) is 6.74. The summed E-state index contributed by atoms with van der Waals surface area (Å²) in [4.78, 5) is 11.6. The van der Waals surface area contributed by atoms with Crippen molar-refractivity contribution in [2.24, 2.45) is 11.8 Å². The summed E-state index contributed by atoms with van der Waals surface area (Å²) >= 11 is 0. The summed E-state index contributed by atoms with van der Waals surface area (Å²) in [5.74, 6) is -0.0792. The van der Waals surface area contributed by atoms with Crippen molar-refractivity contribution in [2.75, 3.05) is 13.2 Å². The van der Waals surface area contributed by atoms with E-state index in [1.165, 1.54) is 0 Å². The molecule has 80 valence electrons. The van der Waals surface area contributed by atoms with Crippen LogP contribution in [-0.4, -0.2) is 31.6 Å². The van der Waals surface area contributed by atoms with Gasteiger partial charge in [0.2, 0.25) is 0 Å². The molecule has 0 radical (unpaired) electrons. The van der Waals surface area contributed by atoms with E-state index in [2.05, 4.69) is 0 Å². The number of rotatable bonds is 2. The summed E-state index contributed by atoms with van der Waals surface area (Å²) in [6.45, 7) is 4.85. The smallest absolute Gasteiger partial charge is 0.312 e. The molecule has 2 rings (SSSR count). The van der Waals surface area contributed by atoms with Crippen molar-refractivity contribution in [1.82, 2.24) is 0 Å². The first kappa shape index (κ1) is 9.93. The van der Waals surface area contributed by atoms with E-state index in [1.54, 1.807) is 0 Å². The molecule has 0 spiro atoms. The topological polar surface area (TPSA) is 44.8 Å². The molecule has 0 unspecified atom stereocenters. The minimum atomic E-state index is -0.181. The molecule has 0 amide bonds. The fourth-order valence-corrected chi connectivity index (χ4v) is 2.32. The van der Waals surface area contributed by atoms with Gasteiger partial charge in [-0.3, -0.25) is 4.79 Å². The Balaban J connectivity index is 2.05. The maximum Gasteiger partial charge on any atom is 0.312 e. The predicted octanol–water partition coefficient (Wildman–Crippen LogP) is 0.947. The molecule has 0 saturated carbocycles. The highest BCUT2D eigenvalue weighted by Gasteiger charge is 2.50. The summed E-state index contributed by atoms with van der Waals surface area (Å²) < 4.78 is 15.9. The third-order valence-corrected chi connectivity index (χ3v) is 2.96. The Morgan fingerprint density at radius 2 is 2.36 bits per heavy atom. The molecule has 2 fully saturated rings. The quantitative estimate of drug-likeness (QED) is 0.622. The molecule has 4 nitrogen and oxygen atoms in total. The van der Waals surface area contributed by atoms with Crippen molar-refractivity contribution in [1.29, 1.82) is 0 Å². The van der Waals surface area contributed by atoms with Crippen molar-refractivity contribution >= 4 is 5.97 Å².